The van der Waals surface area contributed by atoms with Crippen LogP contribution in [0.25, 0.3) is 11.1 Å². The maximum atomic E-state index is 12.8. The SMILES string of the molecule is CC(C)(C)c1nc2ccc(Cl)c(S(=O)(=O)C3CC(O)C3)c2o1. The predicted octanol–water partition coefficient (Wildman–Crippen LogP) is 3.08. The molecule has 0 aliphatic heterocycles. The van der Waals surface area contributed by atoms with Crippen molar-refractivity contribution in [2.75, 3.05) is 0 Å². The summed E-state index contributed by atoms with van der Waals surface area (Å²) in [4.78, 5) is 4.37. The number of oxazole rings is 1. The van der Waals surface area contributed by atoms with Crippen LogP contribution >= 0.6 is 11.6 Å². The molecular formula is C15H18ClNO4S. The van der Waals surface area contributed by atoms with Crippen LogP contribution in [0.5, 0.6) is 0 Å². The topological polar surface area (TPSA) is 80.4 Å². The van der Waals surface area contributed by atoms with Crippen LogP contribution in [0.3, 0.4) is 0 Å². The summed E-state index contributed by atoms with van der Waals surface area (Å²) in [5.41, 5.74) is 0.353. The van der Waals surface area contributed by atoms with Crippen LogP contribution in [0.4, 0.5) is 0 Å². The molecule has 22 heavy (non-hydrogen) atoms. The van der Waals surface area contributed by atoms with Crippen molar-refractivity contribution in [1.82, 2.24) is 4.98 Å². The normalized spacial score (nSPS) is 22.8. The van der Waals surface area contributed by atoms with Crippen LogP contribution < -0.4 is 0 Å². The highest BCUT2D eigenvalue weighted by Crippen LogP contribution is 2.39. The Morgan fingerprint density at radius 1 is 1.32 bits per heavy atom. The number of hydrogen-bond donors (Lipinski definition) is 1. The monoisotopic (exact) mass is 343 g/mol. The van der Waals surface area contributed by atoms with Gasteiger partial charge in [0.05, 0.1) is 16.4 Å². The van der Waals surface area contributed by atoms with E-state index in [2.05, 4.69) is 4.98 Å². The van der Waals surface area contributed by atoms with E-state index in [0.717, 1.165) is 0 Å². The number of sulfone groups is 1. The molecule has 1 heterocycles. The van der Waals surface area contributed by atoms with Crippen molar-refractivity contribution >= 4 is 32.5 Å². The second-order valence-electron chi connectivity index (χ2n) is 6.79. The number of nitrogens with zero attached hydrogens (tertiary/aromatic N) is 1. The van der Waals surface area contributed by atoms with Gasteiger partial charge in [-0.3, -0.25) is 0 Å². The highest BCUT2D eigenvalue weighted by Gasteiger charge is 2.41. The largest absolute Gasteiger partial charge is 0.439 e. The zero-order chi connectivity index (χ0) is 16.3. The summed E-state index contributed by atoms with van der Waals surface area (Å²) in [6.07, 6.45) is -0.0948. The van der Waals surface area contributed by atoms with Gasteiger partial charge in [0.2, 0.25) is 5.89 Å². The number of hydrogen-bond acceptors (Lipinski definition) is 5. The molecule has 3 rings (SSSR count). The Morgan fingerprint density at radius 3 is 2.50 bits per heavy atom. The van der Waals surface area contributed by atoms with E-state index in [9.17, 15) is 13.5 Å². The van der Waals surface area contributed by atoms with Gasteiger partial charge in [-0.1, -0.05) is 32.4 Å². The summed E-state index contributed by atoms with van der Waals surface area (Å²) in [6, 6.07) is 3.19. The number of fused-ring (bicyclic) bond motifs is 1. The molecule has 0 spiro atoms. The van der Waals surface area contributed by atoms with Gasteiger partial charge in [-0.05, 0) is 25.0 Å². The van der Waals surface area contributed by atoms with E-state index in [-0.39, 0.29) is 33.8 Å². The number of aliphatic hydroxyl groups is 1. The molecular weight excluding hydrogens is 326 g/mol. The van der Waals surface area contributed by atoms with Gasteiger partial charge in [0.15, 0.2) is 15.4 Å². The van der Waals surface area contributed by atoms with Gasteiger partial charge >= 0.3 is 0 Å². The first-order chi connectivity index (χ1) is 10.1. The van der Waals surface area contributed by atoms with Crippen LogP contribution in [0, 0.1) is 0 Å². The summed E-state index contributed by atoms with van der Waals surface area (Å²) < 4.78 is 31.3. The molecule has 0 bridgehead atoms. The minimum absolute atomic E-state index is 0.00781. The average Bonchev–Trinajstić information content (AvgIpc) is 2.77. The average molecular weight is 344 g/mol. The van der Waals surface area contributed by atoms with Gasteiger partial charge in [0.1, 0.15) is 10.4 Å². The molecule has 2 aromatic rings. The van der Waals surface area contributed by atoms with Gasteiger partial charge in [-0.15, -0.1) is 0 Å². The van der Waals surface area contributed by atoms with E-state index >= 15 is 0 Å². The molecule has 0 saturated heterocycles. The molecule has 1 aromatic heterocycles. The Hall–Kier alpha value is -1.11. The summed E-state index contributed by atoms with van der Waals surface area (Å²) in [5, 5.41) is 8.90. The van der Waals surface area contributed by atoms with Crippen LogP contribution in [-0.4, -0.2) is 29.9 Å². The summed E-state index contributed by atoms with van der Waals surface area (Å²) in [6.45, 7) is 5.82. The first-order valence-corrected chi connectivity index (χ1v) is 9.04. The molecule has 0 unspecified atom stereocenters. The number of benzene rings is 1. The zero-order valence-corrected chi connectivity index (χ0v) is 14.2. The fraction of sp³-hybridized carbons (Fsp3) is 0.533. The molecule has 0 amide bonds. The lowest BCUT2D eigenvalue weighted by Gasteiger charge is -2.30. The standard InChI is InChI=1S/C15H18ClNO4S/c1-15(2,3)14-17-11-5-4-10(16)13(12(11)21-14)22(19,20)9-6-8(18)7-9/h4-5,8-9,18H,6-7H2,1-3H3. The lowest BCUT2D eigenvalue weighted by Crippen LogP contribution is -2.39. The van der Waals surface area contributed by atoms with Crippen molar-refractivity contribution in [3.63, 3.8) is 0 Å². The second-order valence-corrected chi connectivity index (χ2v) is 9.36. The van der Waals surface area contributed by atoms with Gasteiger partial charge in [-0.2, -0.15) is 0 Å². The molecule has 1 saturated carbocycles. The highest BCUT2D eigenvalue weighted by atomic mass is 35.5. The van der Waals surface area contributed by atoms with E-state index in [0.29, 0.717) is 11.4 Å². The fourth-order valence-electron chi connectivity index (χ4n) is 2.49. The zero-order valence-electron chi connectivity index (χ0n) is 12.6. The highest BCUT2D eigenvalue weighted by molar-refractivity contribution is 7.92. The van der Waals surface area contributed by atoms with Crippen LogP contribution in [-0.2, 0) is 15.3 Å². The van der Waals surface area contributed by atoms with Gasteiger partial charge < -0.3 is 9.52 Å². The lowest BCUT2D eigenvalue weighted by atomic mass is 9.96. The summed E-state index contributed by atoms with van der Waals surface area (Å²) >= 11 is 6.14. The molecule has 0 atom stereocenters. The Kier molecular flexibility index (Phi) is 3.54. The lowest BCUT2D eigenvalue weighted by molar-refractivity contribution is 0.0977. The van der Waals surface area contributed by atoms with Crippen molar-refractivity contribution in [2.24, 2.45) is 0 Å². The van der Waals surface area contributed by atoms with E-state index in [1.807, 2.05) is 20.8 Å². The first-order valence-electron chi connectivity index (χ1n) is 7.12. The van der Waals surface area contributed by atoms with Gasteiger partial charge in [0, 0.05) is 5.41 Å². The molecule has 120 valence electrons. The van der Waals surface area contributed by atoms with Crippen LogP contribution in [0.2, 0.25) is 5.02 Å². The molecule has 0 radical (unpaired) electrons. The van der Waals surface area contributed by atoms with Crippen molar-refractivity contribution in [3.05, 3.63) is 23.0 Å². The number of halogens is 1. The van der Waals surface area contributed by atoms with Crippen LogP contribution in [0.15, 0.2) is 21.4 Å². The number of aliphatic hydroxyl groups excluding tert-OH is 1. The number of aromatic nitrogens is 1. The summed E-state index contributed by atoms with van der Waals surface area (Å²) in [7, 11) is -3.65. The van der Waals surface area contributed by atoms with E-state index in [4.69, 9.17) is 16.0 Å². The number of rotatable bonds is 2. The molecule has 1 N–H and O–H groups in total. The maximum absolute atomic E-state index is 12.8. The third-order valence-corrected chi connectivity index (χ3v) is 6.56. The molecule has 1 fully saturated rings. The molecule has 7 heteroatoms. The van der Waals surface area contributed by atoms with Crippen molar-refractivity contribution in [2.45, 2.75) is 55.3 Å². The quantitative estimate of drug-likeness (QED) is 0.906. The predicted molar refractivity (Wildman–Crippen MR) is 83.9 cm³/mol. The Balaban J connectivity index is 2.20. The third-order valence-electron chi connectivity index (χ3n) is 3.90. The first kappa shape index (κ1) is 15.8. The summed E-state index contributed by atoms with van der Waals surface area (Å²) in [5.74, 6) is 0.467. The maximum Gasteiger partial charge on any atom is 0.200 e. The Labute approximate surface area is 134 Å². The molecule has 5 nitrogen and oxygen atoms in total. The van der Waals surface area contributed by atoms with E-state index in [1.54, 1.807) is 6.07 Å². The van der Waals surface area contributed by atoms with Gasteiger partial charge in [-0.25, -0.2) is 13.4 Å². The van der Waals surface area contributed by atoms with Crippen molar-refractivity contribution in [1.29, 1.82) is 0 Å². The minimum atomic E-state index is -3.65. The Bertz CT molecular complexity index is 829. The van der Waals surface area contributed by atoms with Crippen molar-refractivity contribution < 1.29 is 17.9 Å². The Morgan fingerprint density at radius 2 is 1.95 bits per heavy atom. The molecule has 1 aromatic carbocycles. The fourth-order valence-corrected chi connectivity index (χ4v) is 4.99. The third kappa shape index (κ3) is 2.43. The molecule has 1 aliphatic rings. The van der Waals surface area contributed by atoms with E-state index in [1.165, 1.54) is 6.07 Å². The minimum Gasteiger partial charge on any atom is -0.439 e. The van der Waals surface area contributed by atoms with Crippen molar-refractivity contribution in [3.8, 4) is 0 Å². The second kappa shape index (κ2) is 4.94. The smallest absolute Gasteiger partial charge is 0.200 e. The van der Waals surface area contributed by atoms with Gasteiger partial charge in [0.25, 0.3) is 0 Å². The van der Waals surface area contributed by atoms with Crippen LogP contribution in [0.1, 0.15) is 39.5 Å². The van der Waals surface area contributed by atoms with E-state index < -0.39 is 21.2 Å². The molecule has 1 aliphatic carbocycles.